The lowest BCUT2D eigenvalue weighted by molar-refractivity contribution is 0.709. The van der Waals surface area contributed by atoms with Gasteiger partial charge in [0.25, 0.3) is 5.56 Å². The van der Waals surface area contributed by atoms with Crippen molar-refractivity contribution in [2.24, 2.45) is 7.05 Å². The standard InChI is InChI=1S/C8H12N2O2S/c1-3-4-5-6(13)9-8(12)10(2)7(5)11/h13H,3-4H2,1-2H3,(H,9,12). The number of H-pyrrole nitrogens is 1. The van der Waals surface area contributed by atoms with Crippen molar-refractivity contribution in [2.45, 2.75) is 24.8 Å². The Morgan fingerprint density at radius 3 is 2.62 bits per heavy atom. The Kier molecular flexibility index (Phi) is 2.98. The van der Waals surface area contributed by atoms with Crippen molar-refractivity contribution in [1.82, 2.24) is 9.55 Å². The second-order valence-corrected chi connectivity index (χ2v) is 3.32. The van der Waals surface area contributed by atoms with Gasteiger partial charge in [-0.3, -0.25) is 9.36 Å². The van der Waals surface area contributed by atoms with Gasteiger partial charge in [0.2, 0.25) is 0 Å². The Bertz CT molecular complexity index is 419. The van der Waals surface area contributed by atoms with Crippen LogP contribution >= 0.6 is 12.6 Å². The van der Waals surface area contributed by atoms with Crippen LogP contribution in [-0.2, 0) is 13.5 Å². The second-order valence-electron chi connectivity index (χ2n) is 2.87. The number of nitrogens with one attached hydrogen (secondary N) is 1. The summed E-state index contributed by atoms with van der Waals surface area (Å²) in [6, 6.07) is 0. The second kappa shape index (κ2) is 3.83. The van der Waals surface area contributed by atoms with Crippen LogP contribution in [0, 0.1) is 0 Å². The van der Waals surface area contributed by atoms with E-state index in [0.717, 1.165) is 11.0 Å². The molecule has 0 unspecified atom stereocenters. The van der Waals surface area contributed by atoms with Crippen molar-refractivity contribution in [1.29, 1.82) is 0 Å². The molecule has 0 aliphatic rings. The van der Waals surface area contributed by atoms with Gasteiger partial charge in [-0.1, -0.05) is 13.3 Å². The summed E-state index contributed by atoms with van der Waals surface area (Å²) in [7, 11) is 1.45. The van der Waals surface area contributed by atoms with Gasteiger partial charge < -0.3 is 4.98 Å². The third kappa shape index (κ3) is 1.85. The van der Waals surface area contributed by atoms with E-state index in [0.29, 0.717) is 17.0 Å². The highest BCUT2D eigenvalue weighted by Gasteiger charge is 2.07. The van der Waals surface area contributed by atoms with Crippen molar-refractivity contribution in [3.05, 3.63) is 26.4 Å². The van der Waals surface area contributed by atoms with Gasteiger partial charge >= 0.3 is 5.69 Å². The van der Waals surface area contributed by atoms with E-state index in [9.17, 15) is 9.59 Å². The summed E-state index contributed by atoms with van der Waals surface area (Å²) in [4.78, 5) is 25.1. The average Bonchev–Trinajstić information content (AvgIpc) is 2.09. The smallest absolute Gasteiger partial charge is 0.302 e. The SMILES string of the molecule is CCCc1c(S)[nH]c(=O)n(C)c1=O. The van der Waals surface area contributed by atoms with E-state index in [1.807, 2.05) is 6.92 Å². The minimum absolute atomic E-state index is 0.254. The topological polar surface area (TPSA) is 54.9 Å². The predicted molar refractivity (Wildman–Crippen MR) is 53.6 cm³/mol. The summed E-state index contributed by atoms with van der Waals surface area (Å²) in [6.07, 6.45) is 1.50. The molecule has 1 heterocycles. The number of aromatic amines is 1. The van der Waals surface area contributed by atoms with Gasteiger partial charge in [0.1, 0.15) is 0 Å². The third-order valence-electron chi connectivity index (χ3n) is 1.88. The molecule has 0 atom stereocenters. The summed E-state index contributed by atoms with van der Waals surface area (Å²) in [6.45, 7) is 1.97. The van der Waals surface area contributed by atoms with Crippen LogP contribution in [0.4, 0.5) is 0 Å². The normalized spacial score (nSPS) is 10.4. The van der Waals surface area contributed by atoms with E-state index in [1.165, 1.54) is 7.05 Å². The van der Waals surface area contributed by atoms with Crippen LogP contribution in [0.1, 0.15) is 18.9 Å². The largest absolute Gasteiger partial charge is 0.328 e. The van der Waals surface area contributed by atoms with E-state index < -0.39 is 5.69 Å². The minimum atomic E-state index is -0.421. The Hall–Kier alpha value is -0.970. The van der Waals surface area contributed by atoms with E-state index >= 15 is 0 Å². The zero-order valence-electron chi connectivity index (χ0n) is 7.63. The van der Waals surface area contributed by atoms with Gasteiger partial charge in [0, 0.05) is 12.6 Å². The maximum atomic E-state index is 11.5. The molecule has 72 valence electrons. The number of rotatable bonds is 2. The van der Waals surface area contributed by atoms with Crippen molar-refractivity contribution in [3.8, 4) is 0 Å². The van der Waals surface area contributed by atoms with Crippen LogP contribution in [0.5, 0.6) is 0 Å². The van der Waals surface area contributed by atoms with Crippen LogP contribution in [-0.4, -0.2) is 9.55 Å². The van der Waals surface area contributed by atoms with Gasteiger partial charge in [-0.25, -0.2) is 4.79 Å². The first-order valence-corrected chi connectivity index (χ1v) is 4.53. The third-order valence-corrected chi connectivity index (χ3v) is 2.26. The maximum Gasteiger partial charge on any atom is 0.328 e. The molecule has 1 N–H and O–H groups in total. The first-order chi connectivity index (χ1) is 6.07. The zero-order valence-corrected chi connectivity index (χ0v) is 8.52. The predicted octanol–water partition coefficient (Wildman–Crippen LogP) is 0.315. The molecule has 0 bridgehead atoms. The molecule has 0 radical (unpaired) electrons. The lowest BCUT2D eigenvalue weighted by Crippen LogP contribution is -2.35. The Morgan fingerprint density at radius 2 is 2.08 bits per heavy atom. The monoisotopic (exact) mass is 200 g/mol. The van der Waals surface area contributed by atoms with E-state index in [1.54, 1.807) is 0 Å². The first kappa shape index (κ1) is 10.1. The molecule has 0 saturated carbocycles. The van der Waals surface area contributed by atoms with Crippen LogP contribution in [0.25, 0.3) is 0 Å². The Balaban J connectivity index is 3.44. The van der Waals surface area contributed by atoms with Gasteiger partial charge in [0.05, 0.1) is 5.03 Å². The molecule has 13 heavy (non-hydrogen) atoms. The van der Waals surface area contributed by atoms with Crippen LogP contribution in [0.2, 0.25) is 0 Å². The molecule has 0 saturated heterocycles. The lowest BCUT2D eigenvalue weighted by Gasteiger charge is -2.03. The number of aromatic nitrogens is 2. The Morgan fingerprint density at radius 1 is 1.46 bits per heavy atom. The molecule has 0 fully saturated rings. The summed E-state index contributed by atoms with van der Waals surface area (Å²) >= 11 is 4.05. The fourth-order valence-corrected chi connectivity index (χ4v) is 1.43. The van der Waals surface area contributed by atoms with Crippen LogP contribution in [0.3, 0.4) is 0 Å². The molecule has 4 nitrogen and oxygen atoms in total. The molecule has 1 aromatic heterocycles. The van der Waals surface area contributed by atoms with Gasteiger partial charge in [0.15, 0.2) is 0 Å². The maximum absolute atomic E-state index is 11.5. The van der Waals surface area contributed by atoms with E-state index in [4.69, 9.17) is 0 Å². The molecule has 1 aromatic rings. The fourth-order valence-electron chi connectivity index (χ4n) is 1.13. The lowest BCUT2D eigenvalue weighted by atomic mass is 10.2. The molecular weight excluding hydrogens is 188 g/mol. The highest BCUT2D eigenvalue weighted by molar-refractivity contribution is 7.80. The van der Waals surface area contributed by atoms with Gasteiger partial charge in [-0.05, 0) is 6.42 Å². The van der Waals surface area contributed by atoms with Crippen molar-refractivity contribution in [2.75, 3.05) is 0 Å². The molecular formula is C8H12N2O2S. The number of hydrogen-bond acceptors (Lipinski definition) is 3. The van der Waals surface area contributed by atoms with Gasteiger partial charge in [-0.2, -0.15) is 0 Å². The van der Waals surface area contributed by atoms with E-state index in [2.05, 4.69) is 17.6 Å². The first-order valence-electron chi connectivity index (χ1n) is 4.09. The molecule has 0 amide bonds. The highest BCUT2D eigenvalue weighted by atomic mass is 32.1. The van der Waals surface area contributed by atoms with Crippen LogP contribution in [0.15, 0.2) is 14.6 Å². The number of thiol groups is 1. The summed E-state index contributed by atoms with van der Waals surface area (Å²) in [5, 5.41) is 0.384. The number of nitrogens with zero attached hydrogens (tertiary/aromatic N) is 1. The molecule has 0 aliphatic heterocycles. The molecule has 0 spiro atoms. The van der Waals surface area contributed by atoms with Crippen molar-refractivity contribution < 1.29 is 0 Å². The summed E-state index contributed by atoms with van der Waals surface area (Å²) in [5.41, 5.74) is -0.0987. The quantitative estimate of drug-likeness (QED) is 0.533. The molecule has 5 heteroatoms. The highest BCUT2D eigenvalue weighted by Crippen LogP contribution is 2.05. The summed E-state index contributed by atoms with van der Waals surface area (Å²) < 4.78 is 1.06. The van der Waals surface area contributed by atoms with Crippen LogP contribution < -0.4 is 11.2 Å². The molecule has 0 aromatic carbocycles. The number of hydrogen-bond donors (Lipinski definition) is 2. The average molecular weight is 200 g/mol. The zero-order chi connectivity index (χ0) is 10.0. The molecule has 1 rings (SSSR count). The fraction of sp³-hybridized carbons (Fsp3) is 0.500. The van der Waals surface area contributed by atoms with Crippen molar-refractivity contribution in [3.63, 3.8) is 0 Å². The van der Waals surface area contributed by atoms with E-state index in [-0.39, 0.29) is 5.56 Å². The summed E-state index contributed by atoms with van der Waals surface area (Å²) in [5.74, 6) is 0. The molecule has 0 aliphatic carbocycles. The minimum Gasteiger partial charge on any atom is -0.302 e. The Labute approximate surface area is 81.0 Å². The van der Waals surface area contributed by atoms with Crippen molar-refractivity contribution >= 4 is 12.6 Å². The van der Waals surface area contributed by atoms with Gasteiger partial charge in [-0.15, -0.1) is 12.6 Å².